The molecule has 0 bridgehead atoms. The van der Waals surface area contributed by atoms with Crippen LogP contribution in [0.15, 0.2) is 0 Å². The number of hydrogen-bond donors (Lipinski definition) is 0. The number of carbonyl (C=O) groups is 2. The summed E-state index contributed by atoms with van der Waals surface area (Å²) in [6.45, 7) is 6.78. The summed E-state index contributed by atoms with van der Waals surface area (Å²) in [4.78, 5) is 29.9. The Morgan fingerprint density at radius 3 is 2.58 bits per heavy atom. The Labute approximate surface area is 153 Å². The first-order valence-corrected chi connectivity index (χ1v) is 9.64. The lowest BCUT2D eigenvalue weighted by Crippen LogP contribution is -2.55. The molecule has 2 aliphatic heterocycles. The molecule has 0 aromatic carbocycles. The van der Waals surface area contributed by atoms with Gasteiger partial charge in [-0.15, -0.1) is 0 Å². The number of hydrogen-bond acceptors (Lipinski definition) is 5. The van der Waals surface area contributed by atoms with Gasteiger partial charge in [0.15, 0.2) is 0 Å². The fourth-order valence-electron chi connectivity index (χ4n) is 2.96. The van der Waals surface area contributed by atoms with Crippen LogP contribution in [0.4, 0.5) is 4.79 Å². The third kappa shape index (κ3) is 4.99. The van der Waals surface area contributed by atoms with Gasteiger partial charge in [-0.1, -0.05) is 37.8 Å². The van der Waals surface area contributed by atoms with E-state index < -0.39 is 0 Å². The summed E-state index contributed by atoms with van der Waals surface area (Å²) in [5, 5.41) is 0. The minimum absolute atomic E-state index is 0.0145. The van der Waals surface area contributed by atoms with Crippen molar-refractivity contribution in [3.05, 3.63) is 0 Å². The summed E-state index contributed by atoms with van der Waals surface area (Å²) in [5.74, 6) is 0.490. The van der Waals surface area contributed by atoms with Crippen LogP contribution in [0.2, 0.25) is 0 Å². The van der Waals surface area contributed by atoms with Crippen molar-refractivity contribution >= 4 is 40.3 Å². The van der Waals surface area contributed by atoms with Crippen LogP contribution in [-0.2, 0) is 9.53 Å². The van der Waals surface area contributed by atoms with Gasteiger partial charge in [0.05, 0.1) is 12.4 Å². The predicted molar refractivity (Wildman–Crippen MR) is 100 cm³/mol. The van der Waals surface area contributed by atoms with Gasteiger partial charge in [0, 0.05) is 45.2 Å². The molecule has 0 spiro atoms. The van der Waals surface area contributed by atoms with Crippen LogP contribution < -0.4 is 0 Å². The molecular weight excluding hydrogens is 346 g/mol. The Kier molecular flexibility index (Phi) is 6.36. The van der Waals surface area contributed by atoms with E-state index in [0.717, 1.165) is 23.7 Å². The zero-order valence-corrected chi connectivity index (χ0v) is 16.5. The van der Waals surface area contributed by atoms with Gasteiger partial charge in [0.25, 0.3) is 0 Å². The number of cyclic esters (lactones) is 1. The summed E-state index contributed by atoms with van der Waals surface area (Å²) in [5.41, 5.74) is -0.0145. The lowest BCUT2D eigenvalue weighted by Gasteiger charge is -2.44. The van der Waals surface area contributed by atoms with Crippen LogP contribution in [0.5, 0.6) is 0 Å². The largest absolute Gasteiger partial charge is 0.449 e. The molecule has 2 saturated heterocycles. The third-order valence-corrected chi connectivity index (χ3v) is 6.08. The van der Waals surface area contributed by atoms with Gasteiger partial charge < -0.3 is 19.4 Å². The van der Waals surface area contributed by atoms with Crippen molar-refractivity contribution in [3.8, 4) is 0 Å². The molecule has 0 saturated carbocycles. The number of rotatable bonds is 3. The van der Waals surface area contributed by atoms with Crippen LogP contribution in [0.25, 0.3) is 0 Å². The minimum Gasteiger partial charge on any atom is -0.449 e. The number of thioether (sulfide) groups is 1. The molecule has 0 aromatic heterocycles. The Balaban J connectivity index is 1.81. The zero-order chi connectivity index (χ0) is 17.9. The molecule has 24 heavy (non-hydrogen) atoms. The molecular formula is C16H27N3O3S2. The molecule has 2 amide bonds. The molecule has 0 aromatic rings. The first kappa shape index (κ1) is 19.3. The maximum atomic E-state index is 12.3. The van der Waals surface area contributed by atoms with E-state index in [1.54, 1.807) is 0 Å². The van der Waals surface area contributed by atoms with E-state index in [-0.39, 0.29) is 23.5 Å². The Hall–Kier alpha value is -1.02. The maximum absolute atomic E-state index is 12.3. The second-order valence-electron chi connectivity index (χ2n) is 7.41. The van der Waals surface area contributed by atoms with Gasteiger partial charge in [-0.05, 0) is 12.8 Å². The molecule has 6 nitrogen and oxygen atoms in total. The molecule has 0 atom stereocenters. The van der Waals surface area contributed by atoms with E-state index in [0.29, 0.717) is 25.4 Å². The summed E-state index contributed by atoms with van der Waals surface area (Å²) in [6.07, 6.45) is 1.39. The summed E-state index contributed by atoms with van der Waals surface area (Å²) in [6, 6.07) is 0.164. The quantitative estimate of drug-likeness (QED) is 0.706. The summed E-state index contributed by atoms with van der Waals surface area (Å²) < 4.78 is 6.02. The van der Waals surface area contributed by atoms with E-state index in [9.17, 15) is 9.59 Å². The van der Waals surface area contributed by atoms with E-state index in [4.69, 9.17) is 17.0 Å². The van der Waals surface area contributed by atoms with Crippen molar-refractivity contribution in [2.24, 2.45) is 5.41 Å². The van der Waals surface area contributed by atoms with Gasteiger partial charge in [-0.2, -0.15) is 0 Å². The van der Waals surface area contributed by atoms with Gasteiger partial charge in [0.1, 0.15) is 4.32 Å². The van der Waals surface area contributed by atoms with Crippen LogP contribution >= 0.6 is 24.0 Å². The number of piperidine rings is 1. The summed E-state index contributed by atoms with van der Waals surface area (Å²) >= 11 is 6.59. The Morgan fingerprint density at radius 1 is 1.38 bits per heavy atom. The molecule has 136 valence electrons. The van der Waals surface area contributed by atoms with Crippen molar-refractivity contribution in [1.82, 2.24) is 14.7 Å². The monoisotopic (exact) mass is 373 g/mol. The standard InChI is InChI=1S/C16H27N3O3S2/c1-16(2)10-19(14(21)22-11-16)12-5-7-18(8-6-12)13(20)9-24-15(23)17(3)4/h12H,5-11H2,1-4H3. The normalized spacial score (nSPS) is 21.4. The first-order valence-electron chi connectivity index (χ1n) is 8.25. The van der Waals surface area contributed by atoms with Crippen molar-refractivity contribution < 1.29 is 14.3 Å². The average molecular weight is 374 g/mol. The highest BCUT2D eigenvalue weighted by Gasteiger charge is 2.38. The minimum atomic E-state index is -0.217. The summed E-state index contributed by atoms with van der Waals surface area (Å²) in [7, 11) is 3.76. The molecule has 2 rings (SSSR count). The molecule has 0 N–H and O–H groups in total. The lowest BCUT2D eigenvalue weighted by atomic mass is 9.91. The number of thiocarbonyl (C=S) groups is 1. The molecule has 2 fully saturated rings. The SMILES string of the molecule is CN(C)C(=S)SCC(=O)N1CCC(N2CC(C)(C)COC2=O)CC1. The van der Waals surface area contributed by atoms with E-state index in [1.165, 1.54) is 11.8 Å². The fraction of sp³-hybridized carbons (Fsp3) is 0.812. The van der Waals surface area contributed by atoms with Crippen LogP contribution in [0.1, 0.15) is 26.7 Å². The van der Waals surface area contributed by atoms with E-state index in [2.05, 4.69) is 13.8 Å². The Morgan fingerprint density at radius 2 is 2.00 bits per heavy atom. The number of likely N-dealkylation sites (tertiary alicyclic amines) is 1. The molecule has 0 radical (unpaired) electrons. The average Bonchev–Trinajstić information content (AvgIpc) is 2.54. The highest BCUT2D eigenvalue weighted by atomic mass is 32.2. The highest BCUT2D eigenvalue weighted by molar-refractivity contribution is 8.23. The smallest absolute Gasteiger partial charge is 0.410 e. The van der Waals surface area contributed by atoms with E-state index in [1.807, 2.05) is 28.8 Å². The molecule has 0 aliphatic carbocycles. The fourth-order valence-corrected chi connectivity index (χ4v) is 3.82. The number of nitrogens with zero attached hydrogens (tertiary/aromatic N) is 3. The second-order valence-corrected chi connectivity index (χ2v) is 9.02. The first-order chi connectivity index (χ1) is 11.2. The maximum Gasteiger partial charge on any atom is 0.410 e. The zero-order valence-electron chi connectivity index (χ0n) is 14.9. The number of carbonyl (C=O) groups excluding carboxylic acids is 2. The number of ether oxygens (including phenoxy) is 1. The Bertz CT molecular complexity index is 503. The van der Waals surface area contributed by atoms with Gasteiger partial charge >= 0.3 is 6.09 Å². The van der Waals surface area contributed by atoms with Gasteiger partial charge in [0.2, 0.25) is 5.91 Å². The van der Waals surface area contributed by atoms with Crippen LogP contribution in [0.3, 0.4) is 0 Å². The van der Waals surface area contributed by atoms with Crippen molar-refractivity contribution in [1.29, 1.82) is 0 Å². The van der Waals surface area contributed by atoms with Gasteiger partial charge in [-0.25, -0.2) is 4.79 Å². The molecule has 0 unspecified atom stereocenters. The topological polar surface area (TPSA) is 53.1 Å². The highest BCUT2D eigenvalue weighted by Crippen LogP contribution is 2.28. The molecule has 8 heteroatoms. The van der Waals surface area contributed by atoms with Gasteiger partial charge in [-0.3, -0.25) is 4.79 Å². The molecule has 2 aliphatic rings. The number of amides is 2. The van der Waals surface area contributed by atoms with Crippen LogP contribution in [0, 0.1) is 5.41 Å². The van der Waals surface area contributed by atoms with Crippen molar-refractivity contribution in [2.75, 3.05) is 46.1 Å². The second kappa shape index (κ2) is 7.91. The van der Waals surface area contributed by atoms with Crippen LogP contribution in [-0.4, -0.2) is 83.2 Å². The van der Waals surface area contributed by atoms with Crippen molar-refractivity contribution in [2.45, 2.75) is 32.7 Å². The lowest BCUT2D eigenvalue weighted by molar-refractivity contribution is -0.130. The predicted octanol–water partition coefficient (Wildman–Crippen LogP) is 2.04. The third-order valence-electron chi connectivity index (χ3n) is 4.36. The van der Waals surface area contributed by atoms with E-state index >= 15 is 0 Å². The van der Waals surface area contributed by atoms with Crippen molar-refractivity contribution in [3.63, 3.8) is 0 Å². The molecule has 2 heterocycles.